The second kappa shape index (κ2) is 6.06. The first kappa shape index (κ1) is 15.5. The van der Waals surface area contributed by atoms with Gasteiger partial charge in [0, 0.05) is 10.0 Å². The highest BCUT2D eigenvalue weighted by molar-refractivity contribution is 9.10. The maximum atomic E-state index is 11.8. The number of Topliss-reactive ketones (excluding diaryl/α,β-unsaturated/α-hetero) is 1. The molecule has 6 heteroatoms. The average Bonchev–Trinajstić information content (AvgIpc) is 2.35. The Morgan fingerprint density at radius 3 is 2.21 bits per heavy atom. The van der Waals surface area contributed by atoms with Crippen LogP contribution in [0, 0.1) is 0 Å². The monoisotopic (exact) mass is 330 g/mol. The zero-order valence-corrected chi connectivity index (χ0v) is 12.7. The fourth-order valence-corrected chi connectivity index (χ4v) is 2.48. The van der Waals surface area contributed by atoms with Crippen molar-refractivity contribution in [2.75, 3.05) is 14.2 Å². The van der Waals surface area contributed by atoms with Crippen LogP contribution in [-0.4, -0.2) is 31.1 Å². The van der Waals surface area contributed by atoms with Gasteiger partial charge in [-0.2, -0.15) is 0 Å². The van der Waals surface area contributed by atoms with Gasteiger partial charge in [-0.3, -0.25) is 4.79 Å². The molecule has 0 saturated carbocycles. The van der Waals surface area contributed by atoms with Crippen LogP contribution in [0.3, 0.4) is 0 Å². The number of rotatable bonds is 5. The molecule has 0 saturated heterocycles. The van der Waals surface area contributed by atoms with Crippen molar-refractivity contribution < 1.29 is 24.2 Å². The summed E-state index contributed by atoms with van der Waals surface area (Å²) < 4.78 is 10.8. The van der Waals surface area contributed by atoms with Crippen LogP contribution in [-0.2, 0) is 4.79 Å². The highest BCUT2D eigenvalue weighted by atomic mass is 79.9. The Morgan fingerprint density at radius 2 is 1.84 bits per heavy atom. The lowest BCUT2D eigenvalue weighted by Crippen LogP contribution is -2.17. The Labute approximate surface area is 119 Å². The Bertz CT molecular complexity index is 522. The normalized spacial score (nSPS) is 10.4. The minimum absolute atomic E-state index is 0.0974. The van der Waals surface area contributed by atoms with Crippen LogP contribution >= 0.6 is 15.9 Å². The molecule has 0 aromatic heterocycles. The Kier molecular flexibility index (Phi) is 4.94. The highest BCUT2D eigenvalue weighted by Gasteiger charge is 2.28. The molecule has 0 fully saturated rings. The summed E-state index contributed by atoms with van der Waals surface area (Å²) >= 11 is 3.22. The zero-order valence-electron chi connectivity index (χ0n) is 11.1. The molecule has 1 aromatic carbocycles. The summed E-state index contributed by atoms with van der Waals surface area (Å²) in [6, 6.07) is 1.53. The number of ether oxygens (including phenoxy) is 2. The molecule has 0 radical (unpaired) electrons. The standard InChI is InChI=1S/C13H15BrO5/c1-6(2)9-10(11(15)13(16)17)7(14)5-8(18-3)12(9)19-4/h5-6H,1-4H3,(H,16,17). The molecule has 5 nitrogen and oxygen atoms in total. The van der Waals surface area contributed by atoms with Crippen molar-refractivity contribution in [2.24, 2.45) is 0 Å². The molecule has 0 spiro atoms. The molecule has 0 aliphatic carbocycles. The fourth-order valence-electron chi connectivity index (χ4n) is 1.88. The number of carboxylic acids is 1. The molecule has 19 heavy (non-hydrogen) atoms. The molecule has 0 atom stereocenters. The Morgan fingerprint density at radius 1 is 1.26 bits per heavy atom. The third-order valence-electron chi connectivity index (χ3n) is 2.66. The predicted molar refractivity (Wildman–Crippen MR) is 73.3 cm³/mol. The maximum absolute atomic E-state index is 11.8. The second-order valence-electron chi connectivity index (χ2n) is 4.17. The van der Waals surface area contributed by atoms with Gasteiger partial charge in [-0.25, -0.2) is 4.79 Å². The molecule has 1 N–H and O–H groups in total. The number of hydrogen-bond acceptors (Lipinski definition) is 4. The number of aliphatic carboxylic acids is 1. The lowest BCUT2D eigenvalue weighted by atomic mass is 9.93. The summed E-state index contributed by atoms with van der Waals surface area (Å²) in [5, 5.41) is 8.91. The predicted octanol–water partition coefficient (Wildman–Crippen LogP) is 2.86. The van der Waals surface area contributed by atoms with Gasteiger partial charge in [0.15, 0.2) is 11.5 Å². The first-order valence-corrected chi connectivity index (χ1v) is 6.36. The molecular weight excluding hydrogens is 316 g/mol. The van der Waals surface area contributed by atoms with E-state index in [0.717, 1.165) is 0 Å². The van der Waals surface area contributed by atoms with E-state index in [1.807, 2.05) is 13.8 Å². The molecule has 1 aromatic rings. The molecule has 0 bridgehead atoms. The van der Waals surface area contributed by atoms with Gasteiger partial charge in [0.2, 0.25) is 0 Å². The van der Waals surface area contributed by atoms with Crippen LogP contribution in [0.2, 0.25) is 0 Å². The number of ketones is 1. The van der Waals surface area contributed by atoms with Gasteiger partial charge in [-0.15, -0.1) is 0 Å². The van der Waals surface area contributed by atoms with E-state index in [-0.39, 0.29) is 11.5 Å². The zero-order chi connectivity index (χ0) is 14.7. The van der Waals surface area contributed by atoms with E-state index in [9.17, 15) is 9.59 Å². The van der Waals surface area contributed by atoms with E-state index in [1.165, 1.54) is 20.3 Å². The molecule has 104 valence electrons. The molecular formula is C13H15BrO5. The van der Waals surface area contributed by atoms with Crippen molar-refractivity contribution in [1.29, 1.82) is 0 Å². The van der Waals surface area contributed by atoms with Gasteiger partial charge in [-0.05, 0) is 27.9 Å². The lowest BCUT2D eigenvalue weighted by molar-refractivity contribution is -0.131. The molecule has 1 rings (SSSR count). The summed E-state index contributed by atoms with van der Waals surface area (Å²) in [6.45, 7) is 3.70. The van der Waals surface area contributed by atoms with Crippen LogP contribution in [0.25, 0.3) is 0 Å². The number of benzene rings is 1. The van der Waals surface area contributed by atoms with Crippen molar-refractivity contribution in [1.82, 2.24) is 0 Å². The van der Waals surface area contributed by atoms with E-state index < -0.39 is 11.8 Å². The molecule has 0 aliphatic rings. The summed E-state index contributed by atoms with van der Waals surface area (Å²) in [6.07, 6.45) is 0. The van der Waals surface area contributed by atoms with Gasteiger partial charge in [-0.1, -0.05) is 13.8 Å². The summed E-state index contributed by atoms with van der Waals surface area (Å²) in [7, 11) is 2.93. The average molecular weight is 331 g/mol. The number of hydrogen-bond donors (Lipinski definition) is 1. The van der Waals surface area contributed by atoms with E-state index in [1.54, 1.807) is 0 Å². The first-order valence-electron chi connectivity index (χ1n) is 5.57. The third kappa shape index (κ3) is 2.89. The SMILES string of the molecule is COc1cc(Br)c(C(=O)C(=O)O)c(C(C)C)c1OC. The lowest BCUT2D eigenvalue weighted by Gasteiger charge is -2.19. The van der Waals surface area contributed by atoms with E-state index in [4.69, 9.17) is 14.6 Å². The second-order valence-corrected chi connectivity index (χ2v) is 5.03. The van der Waals surface area contributed by atoms with Crippen molar-refractivity contribution in [3.63, 3.8) is 0 Å². The van der Waals surface area contributed by atoms with Crippen LogP contribution in [0.5, 0.6) is 11.5 Å². The number of carbonyl (C=O) groups is 2. The van der Waals surface area contributed by atoms with Crippen LogP contribution in [0.15, 0.2) is 10.5 Å². The van der Waals surface area contributed by atoms with Crippen LogP contribution in [0.4, 0.5) is 0 Å². The summed E-state index contributed by atoms with van der Waals surface area (Å²) in [5.41, 5.74) is 0.612. The first-order chi connectivity index (χ1) is 8.84. The minimum Gasteiger partial charge on any atom is -0.493 e. The van der Waals surface area contributed by atoms with Crippen molar-refractivity contribution >= 4 is 27.7 Å². The van der Waals surface area contributed by atoms with E-state index in [0.29, 0.717) is 21.5 Å². The molecule has 0 unspecified atom stereocenters. The Balaban J connectivity index is 3.71. The van der Waals surface area contributed by atoms with Crippen LogP contribution in [0.1, 0.15) is 35.7 Å². The highest BCUT2D eigenvalue weighted by Crippen LogP contribution is 2.42. The minimum atomic E-state index is -1.50. The van der Waals surface area contributed by atoms with E-state index >= 15 is 0 Å². The fraction of sp³-hybridized carbons (Fsp3) is 0.385. The van der Waals surface area contributed by atoms with Gasteiger partial charge >= 0.3 is 5.97 Å². The quantitative estimate of drug-likeness (QED) is 0.663. The molecule has 0 aliphatic heterocycles. The topological polar surface area (TPSA) is 72.8 Å². The summed E-state index contributed by atoms with van der Waals surface area (Å²) in [5.74, 6) is -1.75. The number of carboxylic acid groups (broad SMARTS) is 1. The van der Waals surface area contributed by atoms with Crippen molar-refractivity contribution in [3.8, 4) is 11.5 Å². The maximum Gasteiger partial charge on any atom is 0.377 e. The Hall–Kier alpha value is -1.56. The number of halogens is 1. The van der Waals surface area contributed by atoms with Gasteiger partial charge in [0.25, 0.3) is 5.78 Å². The third-order valence-corrected chi connectivity index (χ3v) is 3.28. The van der Waals surface area contributed by atoms with Gasteiger partial charge < -0.3 is 14.6 Å². The van der Waals surface area contributed by atoms with Crippen LogP contribution < -0.4 is 9.47 Å². The van der Waals surface area contributed by atoms with Gasteiger partial charge in [0.05, 0.1) is 19.8 Å². The smallest absolute Gasteiger partial charge is 0.377 e. The number of methoxy groups -OCH3 is 2. The number of carbonyl (C=O) groups excluding carboxylic acids is 1. The van der Waals surface area contributed by atoms with Crippen molar-refractivity contribution in [2.45, 2.75) is 19.8 Å². The largest absolute Gasteiger partial charge is 0.493 e. The van der Waals surface area contributed by atoms with Gasteiger partial charge in [0.1, 0.15) is 0 Å². The summed E-state index contributed by atoms with van der Waals surface area (Å²) in [4.78, 5) is 22.8. The van der Waals surface area contributed by atoms with Crippen molar-refractivity contribution in [3.05, 3.63) is 21.7 Å². The molecule has 0 amide bonds. The van der Waals surface area contributed by atoms with E-state index in [2.05, 4.69) is 15.9 Å². The molecule has 0 heterocycles.